The Morgan fingerprint density at radius 1 is 0.848 bits per heavy atom. The number of nitrogens with zero attached hydrogens (tertiary/aromatic N) is 1. The summed E-state index contributed by atoms with van der Waals surface area (Å²) in [5.74, 6) is 0.264. The monoisotopic (exact) mass is 537 g/mol. The highest BCUT2D eigenvalue weighted by Crippen LogP contribution is 2.35. The smallest absolute Gasteiger partial charge is 0.293 e. The Kier molecular flexibility index (Phi) is 7.57. The first-order valence-corrected chi connectivity index (χ1v) is 12.0. The maximum absolute atomic E-state index is 12.8. The SMILES string of the molecule is O=C1S/C(=C\c2ccc(OCc3ccc(Cl)c(Cl)c3)cc2)C(=O)N1Cc1c(Cl)cccc1Cl. The Hall–Kier alpha value is -2.15. The second kappa shape index (κ2) is 10.4. The lowest BCUT2D eigenvalue weighted by Crippen LogP contribution is -2.27. The zero-order valence-corrected chi connectivity index (χ0v) is 20.7. The molecule has 0 aromatic heterocycles. The molecule has 4 rings (SSSR count). The molecule has 3 aromatic rings. The number of hydrogen-bond donors (Lipinski definition) is 0. The Balaban J connectivity index is 1.42. The van der Waals surface area contributed by atoms with Gasteiger partial charge in [0.25, 0.3) is 11.1 Å². The highest BCUT2D eigenvalue weighted by Gasteiger charge is 2.35. The van der Waals surface area contributed by atoms with Gasteiger partial charge in [0, 0.05) is 15.6 Å². The summed E-state index contributed by atoms with van der Waals surface area (Å²) in [5.41, 5.74) is 2.19. The summed E-state index contributed by atoms with van der Waals surface area (Å²) in [4.78, 5) is 26.7. The van der Waals surface area contributed by atoms with E-state index in [2.05, 4.69) is 0 Å². The maximum Gasteiger partial charge on any atom is 0.293 e. The molecule has 0 aliphatic carbocycles. The van der Waals surface area contributed by atoms with Crippen LogP contribution in [0.25, 0.3) is 6.08 Å². The highest BCUT2D eigenvalue weighted by atomic mass is 35.5. The molecule has 33 heavy (non-hydrogen) atoms. The molecule has 4 nitrogen and oxygen atoms in total. The molecule has 1 saturated heterocycles. The van der Waals surface area contributed by atoms with Crippen LogP contribution in [0.4, 0.5) is 4.79 Å². The zero-order valence-electron chi connectivity index (χ0n) is 16.9. The quantitative estimate of drug-likeness (QED) is 0.297. The van der Waals surface area contributed by atoms with Crippen molar-refractivity contribution in [1.29, 1.82) is 0 Å². The third-order valence-corrected chi connectivity index (χ3v) is 7.17. The molecule has 1 fully saturated rings. The number of halogens is 4. The lowest BCUT2D eigenvalue weighted by Gasteiger charge is -2.14. The molecular formula is C24H15Cl4NO3S. The summed E-state index contributed by atoms with van der Waals surface area (Å²) >= 11 is 25.2. The van der Waals surface area contributed by atoms with Gasteiger partial charge in [-0.2, -0.15) is 0 Å². The van der Waals surface area contributed by atoms with E-state index >= 15 is 0 Å². The van der Waals surface area contributed by atoms with Crippen molar-refractivity contribution in [2.75, 3.05) is 0 Å². The van der Waals surface area contributed by atoms with Crippen molar-refractivity contribution in [3.8, 4) is 5.75 Å². The third kappa shape index (κ3) is 5.68. The molecule has 0 radical (unpaired) electrons. The molecule has 0 spiro atoms. The molecule has 168 valence electrons. The van der Waals surface area contributed by atoms with E-state index in [4.69, 9.17) is 51.1 Å². The van der Waals surface area contributed by atoms with Gasteiger partial charge in [0.1, 0.15) is 12.4 Å². The summed E-state index contributed by atoms with van der Waals surface area (Å²) in [7, 11) is 0. The number of carbonyl (C=O) groups excluding carboxylic acids is 2. The average Bonchev–Trinajstić information content (AvgIpc) is 3.05. The van der Waals surface area contributed by atoms with Crippen molar-refractivity contribution >= 4 is 75.4 Å². The Morgan fingerprint density at radius 2 is 1.55 bits per heavy atom. The van der Waals surface area contributed by atoms with Gasteiger partial charge in [0.05, 0.1) is 21.5 Å². The molecule has 1 aliphatic rings. The van der Waals surface area contributed by atoms with Crippen molar-refractivity contribution in [3.05, 3.63) is 102 Å². The standard InChI is InChI=1S/C24H15Cl4NO3S/c25-18-2-1-3-19(26)17(18)12-29-23(30)22(33-24(29)31)11-14-4-7-16(8-5-14)32-13-15-6-9-20(27)21(28)10-15/h1-11H,12-13H2/b22-11-. The van der Waals surface area contributed by atoms with Crippen molar-refractivity contribution < 1.29 is 14.3 Å². The van der Waals surface area contributed by atoms with Gasteiger partial charge in [-0.3, -0.25) is 14.5 Å². The second-order valence-corrected chi connectivity index (χ2v) is 9.70. The topological polar surface area (TPSA) is 46.6 Å². The number of benzene rings is 3. The number of rotatable bonds is 6. The first-order valence-electron chi connectivity index (χ1n) is 9.67. The molecule has 0 unspecified atom stereocenters. The van der Waals surface area contributed by atoms with Crippen molar-refractivity contribution in [1.82, 2.24) is 4.90 Å². The number of thioether (sulfide) groups is 1. The lowest BCUT2D eigenvalue weighted by molar-refractivity contribution is -0.123. The van der Waals surface area contributed by atoms with E-state index in [9.17, 15) is 9.59 Å². The molecule has 1 aliphatic heterocycles. The lowest BCUT2D eigenvalue weighted by atomic mass is 10.2. The van der Waals surface area contributed by atoms with Gasteiger partial charge in [0.2, 0.25) is 0 Å². The predicted molar refractivity (Wildman–Crippen MR) is 135 cm³/mol. The Morgan fingerprint density at radius 3 is 2.21 bits per heavy atom. The van der Waals surface area contributed by atoms with Crippen molar-refractivity contribution in [2.24, 2.45) is 0 Å². The minimum absolute atomic E-state index is 0.0159. The van der Waals surface area contributed by atoms with Crippen LogP contribution in [0.5, 0.6) is 5.75 Å². The van der Waals surface area contributed by atoms with Crippen LogP contribution in [-0.2, 0) is 17.9 Å². The number of hydrogen-bond acceptors (Lipinski definition) is 4. The molecule has 0 atom stereocenters. The minimum Gasteiger partial charge on any atom is -0.489 e. The molecule has 0 bridgehead atoms. The predicted octanol–water partition coefficient (Wildman–Crippen LogP) is 8.12. The van der Waals surface area contributed by atoms with Gasteiger partial charge in [-0.25, -0.2) is 0 Å². The van der Waals surface area contributed by atoms with Crippen LogP contribution in [0.15, 0.2) is 65.6 Å². The van der Waals surface area contributed by atoms with E-state index in [-0.39, 0.29) is 17.7 Å². The van der Waals surface area contributed by atoms with Crippen LogP contribution in [0, 0.1) is 0 Å². The highest BCUT2D eigenvalue weighted by molar-refractivity contribution is 8.18. The normalized spacial score (nSPS) is 14.9. The maximum atomic E-state index is 12.8. The molecule has 0 N–H and O–H groups in total. The number of carbonyl (C=O) groups is 2. The minimum atomic E-state index is -0.388. The van der Waals surface area contributed by atoms with Gasteiger partial charge in [-0.05, 0) is 65.4 Å². The van der Waals surface area contributed by atoms with Crippen LogP contribution in [0.3, 0.4) is 0 Å². The fourth-order valence-electron chi connectivity index (χ4n) is 3.09. The number of ether oxygens (including phenoxy) is 1. The largest absolute Gasteiger partial charge is 0.489 e. The average molecular weight is 539 g/mol. The molecule has 0 saturated carbocycles. The van der Waals surface area contributed by atoms with Gasteiger partial charge in [0.15, 0.2) is 0 Å². The third-order valence-electron chi connectivity index (χ3n) is 4.82. The van der Waals surface area contributed by atoms with E-state index in [1.807, 2.05) is 18.2 Å². The summed E-state index contributed by atoms with van der Waals surface area (Å²) in [6.45, 7) is 0.349. The van der Waals surface area contributed by atoms with Crippen LogP contribution in [0.2, 0.25) is 20.1 Å². The molecular weight excluding hydrogens is 524 g/mol. The van der Waals surface area contributed by atoms with E-state index in [1.165, 1.54) is 0 Å². The van der Waals surface area contributed by atoms with Crippen LogP contribution in [-0.4, -0.2) is 16.0 Å². The summed E-state index contributed by atoms with van der Waals surface area (Å²) in [6.07, 6.45) is 1.67. The first kappa shape index (κ1) is 24.0. The number of imide groups is 1. The number of amides is 2. The van der Waals surface area contributed by atoms with Gasteiger partial charge < -0.3 is 4.74 Å². The molecule has 9 heteroatoms. The fraction of sp³-hybridized carbons (Fsp3) is 0.0833. The van der Waals surface area contributed by atoms with E-state index in [0.29, 0.717) is 42.9 Å². The molecule has 1 heterocycles. The van der Waals surface area contributed by atoms with Gasteiger partial charge in [-0.15, -0.1) is 0 Å². The van der Waals surface area contributed by atoms with E-state index in [1.54, 1.807) is 48.5 Å². The van der Waals surface area contributed by atoms with Gasteiger partial charge >= 0.3 is 0 Å². The first-order chi connectivity index (χ1) is 15.8. The Labute approximate surface area is 215 Å². The summed E-state index contributed by atoms with van der Waals surface area (Å²) in [5, 5.41) is 1.40. The summed E-state index contributed by atoms with van der Waals surface area (Å²) in [6, 6.07) is 17.6. The van der Waals surface area contributed by atoms with Crippen molar-refractivity contribution in [3.63, 3.8) is 0 Å². The van der Waals surface area contributed by atoms with E-state index < -0.39 is 0 Å². The zero-order chi connectivity index (χ0) is 23.5. The van der Waals surface area contributed by atoms with Crippen LogP contribution >= 0.6 is 58.2 Å². The Bertz CT molecular complexity index is 1240. The molecule has 2 amide bonds. The van der Waals surface area contributed by atoms with Crippen LogP contribution in [0.1, 0.15) is 16.7 Å². The summed E-state index contributed by atoms with van der Waals surface area (Å²) < 4.78 is 5.77. The second-order valence-electron chi connectivity index (χ2n) is 7.07. The van der Waals surface area contributed by atoms with Crippen LogP contribution < -0.4 is 4.74 Å². The fourth-order valence-corrected chi connectivity index (χ4v) is 4.76. The molecule has 3 aromatic carbocycles. The van der Waals surface area contributed by atoms with Gasteiger partial charge in [-0.1, -0.05) is 70.7 Å². The van der Waals surface area contributed by atoms with Crippen molar-refractivity contribution in [2.45, 2.75) is 13.2 Å². The van der Waals surface area contributed by atoms with E-state index in [0.717, 1.165) is 27.8 Å².